The van der Waals surface area contributed by atoms with E-state index in [1.54, 1.807) is 12.5 Å². The first-order valence-electron chi connectivity index (χ1n) is 7.08. The lowest BCUT2D eigenvalue weighted by atomic mass is 9.85. The molecular formula is C16H19FN2O. The summed E-state index contributed by atoms with van der Waals surface area (Å²) in [6.45, 7) is 0.582. The highest BCUT2D eigenvalue weighted by atomic mass is 19.1. The molecule has 0 amide bonds. The van der Waals surface area contributed by atoms with E-state index in [9.17, 15) is 9.50 Å². The van der Waals surface area contributed by atoms with Crippen LogP contribution in [-0.4, -0.2) is 20.3 Å². The van der Waals surface area contributed by atoms with Crippen LogP contribution in [0, 0.1) is 11.7 Å². The van der Waals surface area contributed by atoms with E-state index in [1.807, 2.05) is 22.9 Å². The highest BCUT2D eigenvalue weighted by Crippen LogP contribution is 2.39. The maximum atomic E-state index is 12.9. The number of imidazole rings is 1. The molecule has 1 aromatic carbocycles. The van der Waals surface area contributed by atoms with Crippen molar-refractivity contribution < 1.29 is 9.50 Å². The van der Waals surface area contributed by atoms with E-state index in [1.165, 1.54) is 12.1 Å². The maximum absolute atomic E-state index is 12.9. The molecule has 1 fully saturated rings. The lowest BCUT2D eigenvalue weighted by Crippen LogP contribution is -2.38. The Morgan fingerprint density at radius 1 is 1.35 bits per heavy atom. The first kappa shape index (κ1) is 13.3. The Bertz CT molecular complexity index is 552. The fourth-order valence-electron chi connectivity index (χ4n) is 3.23. The van der Waals surface area contributed by atoms with Crippen molar-refractivity contribution in [1.82, 2.24) is 9.55 Å². The van der Waals surface area contributed by atoms with Gasteiger partial charge in [0.25, 0.3) is 0 Å². The average Bonchev–Trinajstić information content (AvgIpc) is 3.04. The van der Waals surface area contributed by atoms with Crippen LogP contribution in [-0.2, 0) is 13.0 Å². The van der Waals surface area contributed by atoms with Gasteiger partial charge in [0.2, 0.25) is 0 Å². The maximum Gasteiger partial charge on any atom is 0.123 e. The van der Waals surface area contributed by atoms with E-state index in [0.29, 0.717) is 6.54 Å². The molecule has 1 aromatic heterocycles. The molecule has 1 N–H and O–H groups in total. The number of rotatable bonds is 4. The molecule has 1 aliphatic carbocycles. The van der Waals surface area contributed by atoms with Gasteiger partial charge in [-0.3, -0.25) is 0 Å². The molecular weight excluding hydrogens is 255 g/mol. The minimum atomic E-state index is -0.685. The highest BCUT2D eigenvalue weighted by molar-refractivity contribution is 5.18. The van der Waals surface area contributed by atoms with Crippen molar-refractivity contribution in [2.24, 2.45) is 5.92 Å². The fraction of sp³-hybridized carbons (Fsp3) is 0.438. The summed E-state index contributed by atoms with van der Waals surface area (Å²) in [7, 11) is 0. The van der Waals surface area contributed by atoms with Gasteiger partial charge in [-0.2, -0.15) is 0 Å². The van der Waals surface area contributed by atoms with Gasteiger partial charge < -0.3 is 9.67 Å². The molecule has 0 radical (unpaired) electrons. The normalized spacial score (nSPS) is 26.0. The van der Waals surface area contributed by atoms with Crippen molar-refractivity contribution in [1.29, 1.82) is 0 Å². The molecule has 1 saturated carbocycles. The molecule has 0 saturated heterocycles. The van der Waals surface area contributed by atoms with Crippen LogP contribution in [0.3, 0.4) is 0 Å². The van der Waals surface area contributed by atoms with Gasteiger partial charge in [-0.05, 0) is 42.9 Å². The van der Waals surface area contributed by atoms with Crippen LogP contribution in [0.4, 0.5) is 4.39 Å². The summed E-state index contributed by atoms with van der Waals surface area (Å²) < 4.78 is 14.9. The Hall–Kier alpha value is -1.68. The van der Waals surface area contributed by atoms with Crippen molar-refractivity contribution in [2.45, 2.75) is 37.8 Å². The van der Waals surface area contributed by atoms with Gasteiger partial charge in [0, 0.05) is 12.4 Å². The van der Waals surface area contributed by atoms with Gasteiger partial charge in [0.05, 0.1) is 18.5 Å². The molecule has 3 nitrogen and oxygen atoms in total. The summed E-state index contributed by atoms with van der Waals surface area (Å²) in [5.74, 6) is 0.00390. The lowest BCUT2D eigenvalue weighted by molar-refractivity contribution is -0.0134. The van der Waals surface area contributed by atoms with E-state index in [0.717, 1.165) is 31.2 Å². The predicted molar refractivity (Wildman–Crippen MR) is 74.6 cm³/mol. The number of benzene rings is 1. The quantitative estimate of drug-likeness (QED) is 0.931. The van der Waals surface area contributed by atoms with Gasteiger partial charge >= 0.3 is 0 Å². The van der Waals surface area contributed by atoms with E-state index >= 15 is 0 Å². The van der Waals surface area contributed by atoms with Crippen LogP contribution in [0.1, 0.15) is 24.8 Å². The SMILES string of the molecule is OC1(Cn2ccnc2)CCCC1Cc1ccc(F)cc1. The number of hydrogen-bond acceptors (Lipinski definition) is 2. The zero-order chi connectivity index (χ0) is 14.0. The van der Waals surface area contributed by atoms with E-state index in [2.05, 4.69) is 4.98 Å². The van der Waals surface area contributed by atoms with E-state index < -0.39 is 5.60 Å². The van der Waals surface area contributed by atoms with Gasteiger partial charge in [-0.15, -0.1) is 0 Å². The van der Waals surface area contributed by atoms with Crippen molar-refractivity contribution in [3.05, 3.63) is 54.4 Å². The van der Waals surface area contributed by atoms with Crippen molar-refractivity contribution in [2.75, 3.05) is 0 Å². The van der Waals surface area contributed by atoms with Crippen LogP contribution in [0.2, 0.25) is 0 Å². The second-order valence-electron chi connectivity index (χ2n) is 5.76. The van der Waals surface area contributed by atoms with Gasteiger partial charge in [0.1, 0.15) is 5.82 Å². The van der Waals surface area contributed by atoms with Crippen LogP contribution in [0.5, 0.6) is 0 Å². The first-order valence-corrected chi connectivity index (χ1v) is 7.08. The molecule has 2 aromatic rings. The molecule has 0 spiro atoms. The summed E-state index contributed by atoms with van der Waals surface area (Å²) in [5, 5.41) is 10.9. The minimum absolute atomic E-state index is 0.214. The number of hydrogen-bond donors (Lipinski definition) is 1. The minimum Gasteiger partial charge on any atom is -0.388 e. The molecule has 4 heteroatoms. The summed E-state index contributed by atoms with van der Waals surface area (Å²) in [4.78, 5) is 4.02. The molecule has 2 unspecified atom stereocenters. The van der Waals surface area contributed by atoms with Crippen LogP contribution < -0.4 is 0 Å². The second-order valence-corrected chi connectivity index (χ2v) is 5.76. The summed E-state index contributed by atoms with van der Waals surface area (Å²) in [6, 6.07) is 6.59. The molecule has 20 heavy (non-hydrogen) atoms. The zero-order valence-corrected chi connectivity index (χ0v) is 11.4. The van der Waals surface area contributed by atoms with Crippen molar-refractivity contribution in [3.8, 4) is 0 Å². The van der Waals surface area contributed by atoms with E-state index in [-0.39, 0.29) is 11.7 Å². The van der Waals surface area contributed by atoms with Crippen molar-refractivity contribution in [3.63, 3.8) is 0 Å². The second kappa shape index (κ2) is 5.37. The smallest absolute Gasteiger partial charge is 0.123 e. The number of aliphatic hydroxyl groups is 1. The van der Waals surface area contributed by atoms with Crippen LogP contribution in [0.25, 0.3) is 0 Å². The summed E-state index contributed by atoms with van der Waals surface area (Å²) >= 11 is 0. The Balaban J connectivity index is 1.73. The Kier molecular flexibility index (Phi) is 3.57. The standard InChI is InChI=1S/C16H19FN2O/c17-15-5-3-13(4-6-15)10-14-2-1-7-16(14,20)11-19-9-8-18-12-19/h3-6,8-9,12,14,20H,1-2,7,10-11H2. The predicted octanol–water partition coefficient (Wildman–Crippen LogP) is 2.80. The fourth-order valence-corrected chi connectivity index (χ4v) is 3.23. The van der Waals surface area contributed by atoms with Gasteiger partial charge in [-0.1, -0.05) is 18.6 Å². The highest BCUT2D eigenvalue weighted by Gasteiger charge is 2.41. The molecule has 0 bridgehead atoms. The third kappa shape index (κ3) is 2.75. The molecule has 106 valence electrons. The summed E-state index contributed by atoms with van der Waals surface area (Å²) in [5.41, 5.74) is 0.400. The molecule has 3 rings (SSSR count). The van der Waals surface area contributed by atoms with Crippen LogP contribution in [0.15, 0.2) is 43.0 Å². The van der Waals surface area contributed by atoms with E-state index in [4.69, 9.17) is 0 Å². The monoisotopic (exact) mass is 274 g/mol. The van der Waals surface area contributed by atoms with Gasteiger partial charge in [0.15, 0.2) is 0 Å². The third-order valence-electron chi connectivity index (χ3n) is 4.33. The molecule has 1 heterocycles. The van der Waals surface area contributed by atoms with Crippen molar-refractivity contribution >= 4 is 0 Å². The summed E-state index contributed by atoms with van der Waals surface area (Å²) in [6.07, 6.45) is 9.02. The number of nitrogens with zero attached hydrogens (tertiary/aromatic N) is 2. The molecule has 0 aliphatic heterocycles. The third-order valence-corrected chi connectivity index (χ3v) is 4.33. The first-order chi connectivity index (χ1) is 9.66. The Morgan fingerprint density at radius 3 is 2.85 bits per heavy atom. The lowest BCUT2D eigenvalue weighted by Gasteiger charge is -2.30. The number of halogens is 1. The van der Waals surface area contributed by atoms with Gasteiger partial charge in [-0.25, -0.2) is 9.37 Å². The average molecular weight is 274 g/mol. The Labute approximate surface area is 118 Å². The Morgan fingerprint density at radius 2 is 2.15 bits per heavy atom. The molecule has 1 aliphatic rings. The molecule has 2 atom stereocenters. The van der Waals surface area contributed by atoms with Crippen LogP contribution >= 0.6 is 0 Å². The largest absolute Gasteiger partial charge is 0.388 e. The zero-order valence-electron chi connectivity index (χ0n) is 11.4. The topological polar surface area (TPSA) is 38.0 Å². The number of aromatic nitrogens is 2.